The Labute approximate surface area is 112 Å². The fourth-order valence-corrected chi connectivity index (χ4v) is 2.04. The molecule has 0 spiro atoms. The Kier molecular flexibility index (Phi) is 2.88. The molecule has 3 rings (SSSR count). The van der Waals surface area contributed by atoms with E-state index >= 15 is 0 Å². The van der Waals surface area contributed by atoms with E-state index in [4.69, 9.17) is 5.26 Å². The summed E-state index contributed by atoms with van der Waals surface area (Å²) in [4.78, 5) is 3.95. The third-order valence-electron chi connectivity index (χ3n) is 2.88. The average molecular weight is 270 g/mol. The van der Waals surface area contributed by atoms with Gasteiger partial charge >= 0.3 is 0 Å². The summed E-state index contributed by atoms with van der Waals surface area (Å²) in [6.45, 7) is 0.259. The van der Waals surface area contributed by atoms with Gasteiger partial charge in [-0.1, -0.05) is 12.1 Å². The highest BCUT2D eigenvalue weighted by Crippen LogP contribution is 2.18. The highest BCUT2D eigenvalue weighted by molar-refractivity contribution is 5.80. The van der Waals surface area contributed by atoms with E-state index in [1.807, 2.05) is 6.07 Å². The van der Waals surface area contributed by atoms with Crippen LogP contribution in [0.3, 0.4) is 0 Å². The molecule has 0 aliphatic carbocycles. The van der Waals surface area contributed by atoms with Crippen LogP contribution in [-0.2, 0) is 6.54 Å². The van der Waals surface area contributed by atoms with Crippen molar-refractivity contribution in [1.29, 1.82) is 5.26 Å². The summed E-state index contributed by atoms with van der Waals surface area (Å²) < 4.78 is 27.8. The molecule has 20 heavy (non-hydrogen) atoms. The molecule has 0 unspecified atom stereocenters. The van der Waals surface area contributed by atoms with Crippen LogP contribution in [0.2, 0.25) is 0 Å². The lowest BCUT2D eigenvalue weighted by Crippen LogP contribution is -2.03. The van der Waals surface area contributed by atoms with Crippen molar-refractivity contribution in [2.75, 3.05) is 0 Å². The van der Waals surface area contributed by atoms with Crippen LogP contribution in [-0.4, -0.2) is 14.8 Å². The van der Waals surface area contributed by atoms with Crippen LogP contribution in [0, 0.1) is 23.0 Å². The summed E-state index contributed by atoms with van der Waals surface area (Å²) in [5.41, 5.74) is 1.18. The van der Waals surface area contributed by atoms with Crippen molar-refractivity contribution in [2.24, 2.45) is 0 Å². The standard InChI is InChI=1S/C14H8F2N4/c15-10-3-1-2-9(4-10)8-20-14-12(13(6-17)19-20)5-11(16)7-18-14/h1-5,7H,8H2. The number of halogens is 2. The van der Waals surface area contributed by atoms with Gasteiger partial charge in [0.05, 0.1) is 18.1 Å². The molecule has 0 bridgehead atoms. The number of nitrogens with zero attached hydrogens (tertiary/aromatic N) is 4. The molecule has 0 aliphatic rings. The van der Waals surface area contributed by atoms with Gasteiger partial charge in [-0.2, -0.15) is 10.4 Å². The van der Waals surface area contributed by atoms with Crippen LogP contribution in [0.25, 0.3) is 11.0 Å². The number of aromatic nitrogens is 3. The van der Waals surface area contributed by atoms with E-state index in [0.29, 0.717) is 16.6 Å². The van der Waals surface area contributed by atoms with E-state index < -0.39 is 5.82 Å². The van der Waals surface area contributed by atoms with Crippen molar-refractivity contribution in [3.8, 4) is 6.07 Å². The van der Waals surface area contributed by atoms with Gasteiger partial charge in [-0.25, -0.2) is 18.4 Å². The number of benzene rings is 1. The number of rotatable bonds is 2. The molecule has 0 saturated heterocycles. The van der Waals surface area contributed by atoms with Crippen LogP contribution in [0.4, 0.5) is 8.78 Å². The molecule has 0 fully saturated rings. The Hall–Kier alpha value is -2.81. The summed E-state index contributed by atoms with van der Waals surface area (Å²) in [5.74, 6) is -0.877. The summed E-state index contributed by atoms with van der Waals surface area (Å²) >= 11 is 0. The summed E-state index contributed by atoms with van der Waals surface area (Å²) in [6, 6.07) is 9.18. The molecule has 3 aromatic rings. The SMILES string of the molecule is N#Cc1nn(Cc2cccc(F)c2)c2ncc(F)cc12. The summed E-state index contributed by atoms with van der Waals surface area (Å²) in [7, 11) is 0. The predicted molar refractivity (Wildman–Crippen MR) is 67.7 cm³/mol. The molecule has 0 N–H and O–H groups in total. The molecule has 2 heterocycles. The lowest BCUT2D eigenvalue weighted by atomic mass is 10.2. The minimum absolute atomic E-state index is 0.100. The number of hydrogen-bond acceptors (Lipinski definition) is 3. The Balaban J connectivity index is 2.10. The molecular formula is C14H8F2N4. The van der Waals surface area contributed by atoms with Crippen molar-refractivity contribution in [3.63, 3.8) is 0 Å². The van der Waals surface area contributed by atoms with Crippen LogP contribution < -0.4 is 0 Å². The number of nitriles is 1. The zero-order valence-corrected chi connectivity index (χ0v) is 10.2. The zero-order valence-electron chi connectivity index (χ0n) is 10.2. The smallest absolute Gasteiger partial charge is 0.172 e. The molecule has 1 aromatic carbocycles. The molecule has 6 heteroatoms. The fourth-order valence-electron chi connectivity index (χ4n) is 2.04. The highest BCUT2D eigenvalue weighted by atomic mass is 19.1. The molecule has 2 aromatic heterocycles. The van der Waals surface area contributed by atoms with Crippen molar-refractivity contribution in [2.45, 2.75) is 6.54 Å². The van der Waals surface area contributed by atoms with Gasteiger partial charge in [0.15, 0.2) is 11.3 Å². The first-order valence-electron chi connectivity index (χ1n) is 5.84. The maximum absolute atomic E-state index is 13.2. The maximum atomic E-state index is 13.2. The van der Waals surface area contributed by atoms with E-state index in [1.54, 1.807) is 12.1 Å². The highest BCUT2D eigenvalue weighted by Gasteiger charge is 2.12. The van der Waals surface area contributed by atoms with E-state index in [1.165, 1.54) is 22.9 Å². The average Bonchev–Trinajstić information content (AvgIpc) is 2.76. The van der Waals surface area contributed by atoms with Crippen LogP contribution in [0.15, 0.2) is 36.5 Å². The second-order valence-electron chi connectivity index (χ2n) is 4.27. The van der Waals surface area contributed by atoms with Gasteiger partial charge in [-0.3, -0.25) is 0 Å². The van der Waals surface area contributed by atoms with Gasteiger partial charge in [-0.15, -0.1) is 0 Å². The lowest BCUT2D eigenvalue weighted by molar-refractivity contribution is 0.619. The second kappa shape index (κ2) is 4.70. The van der Waals surface area contributed by atoms with Crippen LogP contribution in [0.1, 0.15) is 11.3 Å². The zero-order chi connectivity index (χ0) is 14.1. The van der Waals surface area contributed by atoms with E-state index in [0.717, 1.165) is 6.20 Å². The Morgan fingerprint density at radius 3 is 2.80 bits per heavy atom. The molecular weight excluding hydrogens is 262 g/mol. The van der Waals surface area contributed by atoms with Crippen molar-refractivity contribution in [3.05, 3.63) is 59.4 Å². The normalized spacial score (nSPS) is 10.7. The minimum Gasteiger partial charge on any atom is -0.241 e. The van der Waals surface area contributed by atoms with Gasteiger partial charge in [0.25, 0.3) is 0 Å². The monoisotopic (exact) mass is 270 g/mol. The maximum Gasteiger partial charge on any atom is 0.172 e. The van der Waals surface area contributed by atoms with Gasteiger partial charge < -0.3 is 0 Å². The Morgan fingerprint density at radius 2 is 2.05 bits per heavy atom. The first kappa shape index (κ1) is 12.2. The van der Waals surface area contributed by atoms with Gasteiger partial charge in [0, 0.05) is 0 Å². The second-order valence-corrected chi connectivity index (χ2v) is 4.27. The largest absolute Gasteiger partial charge is 0.241 e. The van der Waals surface area contributed by atoms with Gasteiger partial charge in [0.1, 0.15) is 17.7 Å². The van der Waals surface area contributed by atoms with Crippen LogP contribution >= 0.6 is 0 Å². The number of pyridine rings is 1. The van der Waals surface area contributed by atoms with Crippen LogP contribution in [0.5, 0.6) is 0 Å². The topological polar surface area (TPSA) is 54.5 Å². The van der Waals surface area contributed by atoms with E-state index in [9.17, 15) is 8.78 Å². The minimum atomic E-state index is -0.528. The molecule has 0 amide bonds. The van der Waals surface area contributed by atoms with Gasteiger partial charge in [0.2, 0.25) is 0 Å². The predicted octanol–water partition coefficient (Wildman–Crippen LogP) is 2.63. The molecule has 98 valence electrons. The third-order valence-corrected chi connectivity index (χ3v) is 2.88. The first-order chi connectivity index (χ1) is 9.67. The van der Waals surface area contributed by atoms with E-state index in [2.05, 4.69) is 10.1 Å². The van der Waals surface area contributed by atoms with Crippen molar-refractivity contribution < 1.29 is 8.78 Å². The Morgan fingerprint density at radius 1 is 1.20 bits per heavy atom. The Bertz CT molecular complexity index is 833. The van der Waals surface area contributed by atoms with Crippen molar-refractivity contribution >= 4 is 11.0 Å². The molecule has 0 radical (unpaired) electrons. The van der Waals surface area contributed by atoms with Crippen molar-refractivity contribution in [1.82, 2.24) is 14.8 Å². The molecule has 4 nitrogen and oxygen atoms in total. The summed E-state index contributed by atoms with van der Waals surface area (Å²) in [5, 5.41) is 13.4. The van der Waals surface area contributed by atoms with E-state index in [-0.39, 0.29) is 18.1 Å². The first-order valence-corrected chi connectivity index (χ1v) is 5.84. The third kappa shape index (κ3) is 2.10. The van der Waals surface area contributed by atoms with Gasteiger partial charge in [-0.05, 0) is 23.8 Å². The molecule has 0 aliphatic heterocycles. The number of fused-ring (bicyclic) bond motifs is 1. The molecule has 0 saturated carbocycles. The molecule has 0 atom stereocenters. The quantitative estimate of drug-likeness (QED) is 0.719. The lowest BCUT2D eigenvalue weighted by Gasteiger charge is -2.03. The fraction of sp³-hybridized carbons (Fsp3) is 0.0714. The summed E-state index contributed by atoms with van der Waals surface area (Å²) in [6.07, 6.45) is 1.06. The number of hydrogen-bond donors (Lipinski definition) is 0.